The van der Waals surface area contributed by atoms with E-state index in [-0.39, 0.29) is 11.7 Å². The first-order chi connectivity index (χ1) is 12.6. The molecule has 26 heavy (non-hydrogen) atoms. The lowest BCUT2D eigenvalue weighted by molar-refractivity contribution is -0.113. The van der Waals surface area contributed by atoms with Crippen LogP contribution in [-0.4, -0.2) is 26.4 Å². The topological polar surface area (TPSA) is 59.8 Å². The van der Waals surface area contributed by atoms with Gasteiger partial charge < -0.3 is 9.88 Å². The van der Waals surface area contributed by atoms with E-state index in [2.05, 4.69) is 31.4 Å². The molecule has 0 fully saturated rings. The maximum Gasteiger partial charge on any atom is 0.234 e. The van der Waals surface area contributed by atoms with Crippen molar-refractivity contribution in [2.24, 2.45) is 0 Å². The lowest BCUT2D eigenvalue weighted by Gasteiger charge is -2.09. The van der Waals surface area contributed by atoms with Crippen molar-refractivity contribution in [1.29, 1.82) is 0 Å². The Morgan fingerprint density at radius 3 is 2.62 bits per heavy atom. The maximum absolute atomic E-state index is 12.2. The van der Waals surface area contributed by atoms with Gasteiger partial charge >= 0.3 is 0 Å². The number of aromatic nitrogens is 3. The molecule has 0 bridgehead atoms. The van der Waals surface area contributed by atoms with Crippen molar-refractivity contribution < 1.29 is 4.79 Å². The molecule has 0 aliphatic heterocycles. The third kappa shape index (κ3) is 4.47. The minimum Gasteiger partial charge on any atom is -0.325 e. The van der Waals surface area contributed by atoms with Gasteiger partial charge in [-0.05, 0) is 43.3 Å². The van der Waals surface area contributed by atoms with E-state index in [1.165, 1.54) is 11.8 Å². The van der Waals surface area contributed by atoms with E-state index in [1.807, 2.05) is 60.0 Å². The van der Waals surface area contributed by atoms with Crippen molar-refractivity contribution in [1.82, 2.24) is 14.8 Å². The molecule has 0 saturated heterocycles. The van der Waals surface area contributed by atoms with Crippen LogP contribution < -0.4 is 5.32 Å². The summed E-state index contributed by atoms with van der Waals surface area (Å²) in [5, 5.41) is 12.7. The number of anilines is 1. The first kappa shape index (κ1) is 18.9. The number of amides is 1. The summed E-state index contributed by atoms with van der Waals surface area (Å²) in [5.41, 5.74) is 1.59. The molecule has 1 heterocycles. The quantitative estimate of drug-likeness (QED) is 0.529. The second kappa shape index (κ2) is 8.70. The Balaban J connectivity index is 1.69. The molecule has 3 rings (SSSR count). The zero-order chi connectivity index (χ0) is 18.5. The van der Waals surface area contributed by atoms with E-state index in [0.717, 1.165) is 15.7 Å². The van der Waals surface area contributed by atoms with Gasteiger partial charge in [-0.15, -0.1) is 10.2 Å². The van der Waals surface area contributed by atoms with Crippen molar-refractivity contribution in [2.75, 3.05) is 11.1 Å². The van der Waals surface area contributed by atoms with Crippen LogP contribution in [0.3, 0.4) is 0 Å². The number of benzene rings is 2. The average molecular weight is 452 g/mol. The Bertz CT molecular complexity index is 914. The Hall–Kier alpha value is -1.83. The number of nitrogens with zero attached hydrogens (tertiary/aromatic N) is 3. The number of hydrogen-bond acceptors (Lipinski definition) is 4. The SMILES string of the molecule is CCn1c(SCC(=O)Nc2ccc(Br)cc2)nnc1-c1ccccc1Cl. The number of thioether (sulfide) groups is 1. The van der Waals surface area contributed by atoms with Crippen LogP contribution in [0, 0.1) is 0 Å². The lowest BCUT2D eigenvalue weighted by Crippen LogP contribution is -2.14. The summed E-state index contributed by atoms with van der Waals surface area (Å²) < 4.78 is 2.92. The minimum atomic E-state index is -0.0951. The summed E-state index contributed by atoms with van der Waals surface area (Å²) >= 11 is 11.0. The molecular weight excluding hydrogens is 436 g/mol. The zero-order valence-corrected chi connectivity index (χ0v) is 17.1. The van der Waals surface area contributed by atoms with Crippen LogP contribution in [0.25, 0.3) is 11.4 Å². The Morgan fingerprint density at radius 2 is 1.92 bits per heavy atom. The molecule has 1 N–H and O–H groups in total. The molecule has 0 spiro atoms. The molecule has 1 aromatic heterocycles. The summed E-state index contributed by atoms with van der Waals surface area (Å²) in [6, 6.07) is 15.0. The molecule has 1 amide bonds. The molecule has 0 saturated carbocycles. The Kier molecular flexibility index (Phi) is 6.34. The van der Waals surface area contributed by atoms with Crippen LogP contribution in [0.2, 0.25) is 5.02 Å². The molecule has 5 nitrogen and oxygen atoms in total. The fraction of sp³-hybridized carbons (Fsp3) is 0.167. The fourth-order valence-corrected chi connectivity index (χ4v) is 3.67. The summed E-state index contributed by atoms with van der Waals surface area (Å²) in [6.45, 7) is 2.69. The number of halogens is 2. The average Bonchev–Trinajstić information content (AvgIpc) is 3.05. The Labute approximate surface area is 169 Å². The third-order valence-electron chi connectivity index (χ3n) is 3.61. The first-order valence-corrected chi connectivity index (χ1v) is 10.1. The maximum atomic E-state index is 12.2. The second-order valence-corrected chi connectivity index (χ2v) is 7.64. The van der Waals surface area contributed by atoms with Gasteiger partial charge in [0.2, 0.25) is 5.91 Å². The molecule has 0 unspecified atom stereocenters. The van der Waals surface area contributed by atoms with E-state index in [1.54, 1.807) is 0 Å². The van der Waals surface area contributed by atoms with E-state index in [9.17, 15) is 4.79 Å². The number of carbonyl (C=O) groups excluding carboxylic acids is 1. The van der Waals surface area contributed by atoms with Crippen LogP contribution >= 0.6 is 39.3 Å². The van der Waals surface area contributed by atoms with Gasteiger partial charge in [-0.3, -0.25) is 4.79 Å². The predicted octanol–water partition coefficient (Wildman–Crippen LogP) is 5.11. The number of carbonyl (C=O) groups is 1. The first-order valence-electron chi connectivity index (χ1n) is 7.94. The molecule has 3 aromatic rings. The van der Waals surface area contributed by atoms with Gasteiger partial charge in [-0.2, -0.15) is 0 Å². The van der Waals surface area contributed by atoms with Crippen molar-refractivity contribution >= 4 is 50.9 Å². The van der Waals surface area contributed by atoms with Crippen LogP contribution in [0.15, 0.2) is 58.2 Å². The van der Waals surface area contributed by atoms with E-state index >= 15 is 0 Å². The fourth-order valence-electron chi connectivity index (χ4n) is 2.38. The van der Waals surface area contributed by atoms with Gasteiger partial charge in [0.25, 0.3) is 0 Å². The zero-order valence-electron chi connectivity index (χ0n) is 13.9. The molecule has 0 radical (unpaired) electrons. The smallest absolute Gasteiger partial charge is 0.234 e. The van der Waals surface area contributed by atoms with Crippen LogP contribution in [0.4, 0.5) is 5.69 Å². The highest BCUT2D eigenvalue weighted by atomic mass is 79.9. The molecular formula is C18H16BrClN4OS. The van der Waals surface area contributed by atoms with Gasteiger partial charge in [0.1, 0.15) is 0 Å². The highest BCUT2D eigenvalue weighted by molar-refractivity contribution is 9.10. The van der Waals surface area contributed by atoms with Gasteiger partial charge in [0.05, 0.1) is 10.8 Å². The van der Waals surface area contributed by atoms with E-state index in [0.29, 0.717) is 22.5 Å². The van der Waals surface area contributed by atoms with Gasteiger partial charge in [-0.25, -0.2) is 0 Å². The summed E-state index contributed by atoms with van der Waals surface area (Å²) in [5.74, 6) is 0.854. The minimum absolute atomic E-state index is 0.0951. The standard InChI is InChI=1S/C18H16BrClN4OS/c1-2-24-17(14-5-3-4-6-15(14)20)22-23-18(24)26-11-16(25)21-13-9-7-12(19)8-10-13/h3-10H,2,11H2,1H3,(H,21,25). The van der Waals surface area contributed by atoms with Crippen LogP contribution in [-0.2, 0) is 11.3 Å². The van der Waals surface area contributed by atoms with Crippen molar-refractivity contribution in [2.45, 2.75) is 18.6 Å². The largest absolute Gasteiger partial charge is 0.325 e. The summed E-state index contributed by atoms with van der Waals surface area (Å²) in [7, 11) is 0. The van der Waals surface area contributed by atoms with Crippen LogP contribution in [0.5, 0.6) is 0 Å². The van der Waals surface area contributed by atoms with Gasteiger partial charge in [-0.1, -0.05) is 51.4 Å². The number of nitrogens with one attached hydrogen (secondary N) is 1. The van der Waals surface area contributed by atoms with Crippen molar-refractivity contribution in [3.8, 4) is 11.4 Å². The third-order valence-corrected chi connectivity index (χ3v) is 5.43. The van der Waals surface area contributed by atoms with E-state index in [4.69, 9.17) is 11.6 Å². The van der Waals surface area contributed by atoms with Gasteiger partial charge in [0.15, 0.2) is 11.0 Å². The van der Waals surface area contributed by atoms with Crippen molar-refractivity contribution in [3.05, 3.63) is 58.0 Å². The molecule has 2 aromatic carbocycles. The highest BCUT2D eigenvalue weighted by Gasteiger charge is 2.16. The van der Waals surface area contributed by atoms with Crippen molar-refractivity contribution in [3.63, 3.8) is 0 Å². The monoisotopic (exact) mass is 450 g/mol. The number of rotatable bonds is 6. The lowest BCUT2D eigenvalue weighted by atomic mass is 10.2. The molecule has 134 valence electrons. The Morgan fingerprint density at radius 1 is 1.19 bits per heavy atom. The van der Waals surface area contributed by atoms with E-state index < -0.39 is 0 Å². The van der Waals surface area contributed by atoms with Gasteiger partial charge in [0, 0.05) is 22.3 Å². The number of hydrogen-bond donors (Lipinski definition) is 1. The molecule has 0 aliphatic rings. The second-order valence-electron chi connectivity index (χ2n) is 5.37. The summed E-state index contributed by atoms with van der Waals surface area (Å²) in [4.78, 5) is 12.2. The summed E-state index contributed by atoms with van der Waals surface area (Å²) in [6.07, 6.45) is 0. The molecule has 0 aliphatic carbocycles. The molecule has 0 atom stereocenters. The normalized spacial score (nSPS) is 10.7. The van der Waals surface area contributed by atoms with Crippen LogP contribution in [0.1, 0.15) is 6.92 Å². The highest BCUT2D eigenvalue weighted by Crippen LogP contribution is 2.29. The predicted molar refractivity (Wildman–Crippen MR) is 110 cm³/mol. The molecule has 8 heteroatoms.